The van der Waals surface area contributed by atoms with Crippen LogP contribution in [0, 0.1) is 0 Å². The Morgan fingerprint density at radius 2 is 2.04 bits per heavy atom. The van der Waals surface area contributed by atoms with Gasteiger partial charge in [0.05, 0.1) is 12.7 Å². The van der Waals surface area contributed by atoms with E-state index < -0.39 is 0 Å². The minimum absolute atomic E-state index is 0.000208. The van der Waals surface area contributed by atoms with Gasteiger partial charge < -0.3 is 20.3 Å². The van der Waals surface area contributed by atoms with Crippen LogP contribution in [0.5, 0.6) is 5.75 Å². The molecule has 0 saturated heterocycles. The monoisotopic (exact) mass is 361 g/mol. The van der Waals surface area contributed by atoms with E-state index in [1.165, 1.54) is 16.9 Å². The van der Waals surface area contributed by atoms with Gasteiger partial charge in [-0.05, 0) is 36.6 Å². The largest absolute Gasteiger partial charge is 0.496 e. The molecular weight excluding hydrogens is 338 g/mol. The zero-order chi connectivity index (χ0) is 18.4. The van der Waals surface area contributed by atoms with E-state index in [4.69, 9.17) is 4.74 Å². The summed E-state index contributed by atoms with van der Waals surface area (Å²) in [4.78, 5) is 27.1. The van der Waals surface area contributed by atoms with Crippen LogP contribution in [-0.2, 0) is 6.42 Å². The van der Waals surface area contributed by atoms with Crippen molar-refractivity contribution in [2.75, 3.05) is 26.5 Å². The van der Waals surface area contributed by atoms with E-state index in [9.17, 15) is 9.59 Å². The van der Waals surface area contributed by atoms with Crippen molar-refractivity contribution in [3.63, 3.8) is 0 Å². The summed E-state index contributed by atoms with van der Waals surface area (Å²) in [5.41, 5.74) is 0.934. The predicted molar refractivity (Wildman–Crippen MR) is 101 cm³/mol. The third-order valence-corrected chi connectivity index (χ3v) is 4.46. The molecule has 0 spiro atoms. The van der Waals surface area contributed by atoms with Crippen LogP contribution in [-0.4, -0.2) is 44.1 Å². The normalized spacial score (nSPS) is 11.5. The molecule has 1 heterocycles. The van der Waals surface area contributed by atoms with Crippen molar-refractivity contribution in [1.29, 1.82) is 0 Å². The van der Waals surface area contributed by atoms with Crippen LogP contribution in [0.25, 0.3) is 0 Å². The van der Waals surface area contributed by atoms with Gasteiger partial charge in [-0.3, -0.25) is 4.79 Å². The number of carbonyl (C=O) groups is 2. The fourth-order valence-electron chi connectivity index (χ4n) is 2.37. The number of hydrogen-bond acceptors (Lipinski definition) is 4. The zero-order valence-electron chi connectivity index (χ0n) is 14.8. The van der Waals surface area contributed by atoms with Crippen molar-refractivity contribution < 1.29 is 14.3 Å². The number of ether oxygens (including phenoxy) is 1. The van der Waals surface area contributed by atoms with Crippen LogP contribution in [0.1, 0.15) is 22.2 Å². The topological polar surface area (TPSA) is 70.7 Å². The highest BCUT2D eigenvalue weighted by molar-refractivity contribution is 7.09. The number of carbonyl (C=O) groups excluding carboxylic acids is 2. The van der Waals surface area contributed by atoms with E-state index in [1.54, 1.807) is 43.6 Å². The number of nitrogens with one attached hydrogen (secondary N) is 2. The highest BCUT2D eigenvalue weighted by atomic mass is 32.1. The molecule has 0 aliphatic rings. The Hall–Kier alpha value is -2.54. The Bertz CT molecular complexity index is 729. The minimum Gasteiger partial charge on any atom is -0.496 e. The Morgan fingerprint density at radius 1 is 1.28 bits per heavy atom. The summed E-state index contributed by atoms with van der Waals surface area (Å²) in [6.45, 7) is 1.95. The van der Waals surface area contributed by atoms with Gasteiger partial charge in [0.2, 0.25) is 0 Å². The molecule has 1 aromatic heterocycles. The molecular formula is C18H23N3O3S. The highest BCUT2D eigenvalue weighted by Crippen LogP contribution is 2.23. The molecule has 2 N–H and O–H groups in total. The molecule has 2 rings (SSSR count). The van der Waals surface area contributed by atoms with Gasteiger partial charge >= 0.3 is 6.03 Å². The van der Waals surface area contributed by atoms with Crippen LogP contribution < -0.4 is 15.4 Å². The van der Waals surface area contributed by atoms with Crippen LogP contribution in [0.2, 0.25) is 0 Å². The second-order valence-corrected chi connectivity index (χ2v) is 6.93. The number of methoxy groups -OCH3 is 1. The molecule has 3 amide bonds. The number of rotatable bonds is 6. The second kappa shape index (κ2) is 8.53. The summed E-state index contributed by atoms with van der Waals surface area (Å²) >= 11 is 1.67. The van der Waals surface area contributed by atoms with Gasteiger partial charge in [0, 0.05) is 37.1 Å². The standard InChI is InChI=1S/C18H23N3O3S/c1-12(10-14-6-5-9-25-14)19-18(23)20-13-7-8-16(24-4)15(11-13)17(22)21(2)3/h5-9,11-12H,10H2,1-4H3,(H2,19,20,23). The van der Waals surface area contributed by atoms with Crippen molar-refractivity contribution in [2.24, 2.45) is 0 Å². The molecule has 0 aliphatic heterocycles. The number of nitrogens with zero attached hydrogens (tertiary/aromatic N) is 1. The zero-order valence-corrected chi connectivity index (χ0v) is 15.6. The first-order chi connectivity index (χ1) is 11.9. The van der Waals surface area contributed by atoms with Crippen molar-refractivity contribution in [1.82, 2.24) is 10.2 Å². The number of urea groups is 1. The lowest BCUT2D eigenvalue weighted by molar-refractivity contribution is 0.0824. The Balaban J connectivity index is 2.02. The molecule has 6 nitrogen and oxygen atoms in total. The average Bonchev–Trinajstić information content (AvgIpc) is 3.06. The first-order valence-electron chi connectivity index (χ1n) is 7.90. The first-order valence-corrected chi connectivity index (χ1v) is 8.78. The van der Waals surface area contributed by atoms with Gasteiger partial charge in [0.15, 0.2) is 0 Å². The molecule has 2 aromatic rings. The summed E-state index contributed by atoms with van der Waals surface area (Å²) in [6.07, 6.45) is 0.776. The molecule has 0 aliphatic carbocycles. The fraction of sp³-hybridized carbons (Fsp3) is 0.333. The molecule has 0 saturated carbocycles. The molecule has 0 bridgehead atoms. The molecule has 25 heavy (non-hydrogen) atoms. The number of hydrogen-bond donors (Lipinski definition) is 2. The van der Waals surface area contributed by atoms with Gasteiger partial charge in [0.25, 0.3) is 5.91 Å². The third kappa shape index (κ3) is 5.22. The summed E-state index contributed by atoms with van der Waals surface area (Å²) in [7, 11) is 4.84. The van der Waals surface area contributed by atoms with Crippen LogP contribution >= 0.6 is 11.3 Å². The average molecular weight is 361 g/mol. The lowest BCUT2D eigenvalue weighted by atomic mass is 10.1. The molecule has 0 radical (unpaired) electrons. The van der Waals surface area contributed by atoms with E-state index in [1.807, 2.05) is 24.4 Å². The lowest BCUT2D eigenvalue weighted by Crippen LogP contribution is -2.37. The maximum Gasteiger partial charge on any atom is 0.319 e. The fourth-order valence-corrected chi connectivity index (χ4v) is 3.20. The Labute approximate surface area is 151 Å². The van der Waals surface area contributed by atoms with Gasteiger partial charge in [-0.25, -0.2) is 4.79 Å². The van der Waals surface area contributed by atoms with Crippen LogP contribution in [0.15, 0.2) is 35.7 Å². The predicted octanol–water partition coefficient (Wildman–Crippen LogP) is 3.21. The summed E-state index contributed by atoms with van der Waals surface area (Å²) in [5.74, 6) is 0.280. The van der Waals surface area contributed by atoms with Crippen molar-refractivity contribution >= 4 is 29.0 Å². The summed E-state index contributed by atoms with van der Waals surface area (Å²) < 4.78 is 5.23. The van der Waals surface area contributed by atoms with Gasteiger partial charge in [0.1, 0.15) is 5.75 Å². The van der Waals surface area contributed by atoms with Gasteiger partial charge in [-0.1, -0.05) is 6.07 Å². The first kappa shape index (κ1) is 18.8. The Morgan fingerprint density at radius 3 is 2.64 bits per heavy atom. The van der Waals surface area contributed by atoms with Crippen molar-refractivity contribution in [3.8, 4) is 5.75 Å². The summed E-state index contributed by atoms with van der Waals surface area (Å²) in [6, 6.07) is 8.72. The van der Waals surface area contributed by atoms with E-state index >= 15 is 0 Å². The van der Waals surface area contributed by atoms with E-state index in [2.05, 4.69) is 10.6 Å². The summed E-state index contributed by atoms with van der Waals surface area (Å²) in [5, 5.41) is 7.68. The van der Waals surface area contributed by atoms with Crippen LogP contribution in [0.4, 0.5) is 10.5 Å². The molecule has 1 unspecified atom stereocenters. The number of benzene rings is 1. The van der Waals surface area contributed by atoms with Crippen molar-refractivity contribution in [3.05, 3.63) is 46.2 Å². The van der Waals surface area contributed by atoms with Gasteiger partial charge in [-0.2, -0.15) is 0 Å². The van der Waals surface area contributed by atoms with Gasteiger partial charge in [-0.15, -0.1) is 11.3 Å². The number of thiophene rings is 1. The minimum atomic E-state index is -0.308. The molecule has 0 fully saturated rings. The van der Waals surface area contributed by atoms with E-state index in [0.29, 0.717) is 17.0 Å². The third-order valence-electron chi connectivity index (χ3n) is 3.56. The molecule has 1 atom stereocenters. The molecule has 7 heteroatoms. The van der Waals surface area contributed by atoms with E-state index in [0.717, 1.165) is 6.42 Å². The lowest BCUT2D eigenvalue weighted by Gasteiger charge is -2.16. The maximum absolute atomic E-state index is 12.2. The Kier molecular flexibility index (Phi) is 6.41. The van der Waals surface area contributed by atoms with E-state index in [-0.39, 0.29) is 18.0 Å². The highest BCUT2D eigenvalue weighted by Gasteiger charge is 2.16. The van der Waals surface area contributed by atoms with Crippen LogP contribution in [0.3, 0.4) is 0 Å². The maximum atomic E-state index is 12.2. The number of amides is 3. The second-order valence-electron chi connectivity index (χ2n) is 5.90. The number of anilines is 1. The molecule has 134 valence electrons. The quantitative estimate of drug-likeness (QED) is 0.830. The molecule has 1 aromatic carbocycles. The SMILES string of the molecule is COc1ccc(NC(=O)NC(C)Cc2cccs2)cc1C(=O)N(C)C. The van der Waals surface area contributed by atoms with Crippen molar-refractivity contribution in [2.45, 2.75) is 19.4 Å². The smallest absolute Gasteiger partial charge is 0.319 e.